The first kappa shape index (κ1) is 19.8. The number of primary amides is 1. The van der Waals surface area contributed by atoms with Crippen LogP contribution < -0.4 is 11.1 Å². The molecule has 0 bridgehead atoms. The summed E-state index contributed by atoms with van der Waals surface area (Å²) in [6.45, 7) is 0.801. The summed E-state index contributed by atoms with van der Waals surface area (Å²) in [6, 6.07) is 10.2. The van der Waals surface area contributed by atoms with E-state index < -0.39 is 11.7 Å². The quantitative estimate of drug-likeness (QED) is 0.821. The minimum atomic E-state index is -0.709. The molecule has 0 radical (unpaired) electrons. The topological polar surface area (TPSA) is 92.5 Å². The molecule has 2 aromatic rings. The number of rotatable bonds is 4. The molecular formula is C20H19ClFN3O3. The van der Waals surface area contributed by atoms with Gasteiger partial charge >= 0.3 is 0 Å². The highest BCUT2D eigenvalue weighted by molar-refractivity contribution is 6.31. The Labute approximate surface area is 166 Å². The number of benzene rings is 2. The number of halogens is 2. The lowest BCUT2D eigenvalue weighted by Crippen LogP contribution is -2.42. The van der Waals surface area contributed by atoms with Crippen LogP contribution >= 0.6 is 11.6 Å². The first-order valence-electron chi connectivity index (χ1n) is 8.81. The zero-order valence-electron chi connectivity index (χ0n) is 15.0. The minimum Gasteiger partial charge on any atom is -0.369 e. The van der Waals surface area contributed by atoms with Crippen molar-refractivity contribution < 1.29 is 18.8 Å². The van der Waals surface area contributed by atoms with Gasteiger partial charge in [0.15, 0.2) is 0 Å². The molecular weight excluding hydrogens is 385 g/mol. The number of hydrogen-bond donors (Lipinski definition) is 2. The summed E-state index contributed by atoms with van der Waals surface area (Å²) in [5.41, 5.74) is 5.68. The minimum absolute atomic E-state index is 0.211. The summed E-state index contributed by atoms with van der Waals surface area (Å²) in [6.07, 6.45) is 1.01. The van der Waals surface area contributed by atoms with Crippen molar-refractivity contribution in [2.45, 2.75) is 12.8 Å². The molecule has 0 atom stereocenters. The molecule has 0 saturated carbocycles. The zero-order valence-corrected chi connectivity index (χ0v) is 15.7. The summed E-state index contributed by atoms with van der Waals surface area (Å²) in [5.74, 6) is -2.27. The van der Waals surface area contributed by atoms with Gasteiger partial charge in [0, 0.05) is 24.0 Å². The fraction of sp³-hybridized carbons (Fsp3) is 0.250. The van der Waals surface area contributed by atoms with Gasteiger partial charge in [-0.25, -0.2) is 4.39 Å². The normalized spacial score (nSPS) is 14.6. The first-order valence-corrected chi connectivity index (χ1v) is 9.18. The number of piperidine rings is 1. The van der Waals surface area contributed by atoms with Crippen molar-refractivity contribution in [2.75, 3.05) is 18.4 Å². The van der Waals surface area contributed by atoms with Gasteiger partial charge in [-0.15, -0.1) is 0 Å². The van der Waals surface area contributed by atoms with E-state index in [4.69, 9.17) is 17.3 Å². The number of carbonyl (C=O) groups excluding carboxylic acids is 3. The van der Waals surface area contributed by atoms with Crippen LogP contribution in [0.3, 0.4) is 0 Å². The first-order chi connectivity index (χ1) is 13.4. The van der Waals surface area contributed by atoms with Gasteiger partial charge in [0.25, 0.3) is 11.8 Å². The molecule has 1 fully saturated rings. The van der Waals surface area contributed by atoms with Crippen molar-refractivity contribution in [1.29, 1.82) is 0 Å². The molecule has 6 nitrogen and oxygen atoms in total. The van der Waals surface area contributed by atoms with Gasteiger partial charge in [-0.1, -0.05) is 23.7 Å². The van der Waals surface area contributed by atoms with Gasteiger partial charge in [-0.3, -0.25) is 14.4 Å². The Kier molecular flexibility index (Phi) is 5.94. The molecule has 0 aromatic heterocycles. The third kappa shape index (κ3) is 4.31. The van der Waals surface area contributed by atoms with Crippen LogP contribution in [-0.2, 0) is 4.79 Å². The Morgan fingerprint density at radius 1 is 1.07 bits per heavy atom. The Balaban J connectivity index is 1.78. The lowest BCUT2D eigenvalue weighted by atomic mass is 9.95. The second-order valence-electron chi connectivity index (χ2n) is 6.59. The number of para-hydroxylation sites is 1. The molecule has 8 heteroatoms. The smallest absolute Gasteiger partial charge is 0.258 e. The van der Waals surface area contributed by atoms with E-state index in [1.807, 2.05) is 0 Å². The van der Waals surface area contributed by atoms with Crippen LogP contribution in [0.4, 0.5) is 10.1 Å². The molecule has 1 saturated heterocycles. The summed E-state index contributed by atoms with van der Waals surface area (Å²) >= 11 is 5.84. The van der Waals surface area contributed by atoms with Crippen molar-refractivity contribution in [3.05, 3.63) is 64.4 Å². The number of hydrogen-bond acceptors (Lipinski definition) is 3. The molecule has 28 heavy (non-hydrogen) atoms. The Bertz CT molecular complexity index is 927. The molecule has 0 unspecified atom stereocenters. The highest BCUT2D eigenvalue weighted by atomic mass is 35.5. The van der Waals surface area contributed by atoms with Crippen LogP contribution in [0.2, 0.25) is 5.02 Å². The van der Waals surface area contributed by atoms with E-state index in [2.05, 4.69) is 5.32 Å². The highest BCUT2D eigenvalue weighted by Gasteiger charge is 2.27. The van der Waals surface area contributed by atoms with Gasteiger partial charge in [-0.2, -0.15) is 0 Å². The number of nitrogens with one attached hydrogen (secondary N) is 1. The number of anilines is 1. The number of carbonyl (C=O) groups is 3. The van der Waals surface area contributed by atoms with Crippen molar-refractivity contribution in [3.8, 4) is 0 Å². The average Bonchev–Trinajstić information content (AvgIpc) is 2.69. The van der Waals surface area contributed by atoms with Crippen molar-refractivity contribution in [2.24, 2.45) is 11.7 Å². The molecule has 1 heterocycles. The largest absolute Gasteiger partial charge is 0.369 e. The number of amides is 3. The van der Waals surface area contributed by atoms with Gasteiger partial charge in [0.2, 0.25) is 5.91 Å². The number of nitrogens with two attached hydrogens (primary N) is 1. The SMILES string of the molecule is NC(=O)C1CCN(C(=O)c2ccccc2NC(=O)c2cc(Cl)ccc2F)CC1. The zero-order chi connectivity index (χ0) is 20.3. The Hall–Kier alpha value is -2.93. The van der Waals surface area contributed by atoms with Crippen LogP contribution in [0.25, 0.3) is 0 Å². The standard InChI is InChI=1S/C20H19ClFN3O3/c21-13-5-6-16(22)15(11-13)19(27)24-17-4-2-1-3-14(17)20(28)25-9-7-12(8-10-25)18(23)26/h1-6,11-12H,7-10H2,(H2,23,26)(H,24,27). The molecule has 0 spiro atoms. The van der Waals surface area contributed by atoms with Gasteiger partial charge in [0.05, 0.1) is 16.8 Å². The van der Waals surface area contributed by atoms with Crippen molar-refractivity contribution in [3.63, 3.8) is 0 Å². The number of likely N-dealkylation sites (tertiary alicyclic amines) is 1. The van der Waals surface area contributed by atoms with E-state index >= 15 is 0 Å². The summed E-state index contributed by atoms with van der Waals surface area (Å²) in [5, 5.41) is 2.81. The molecule has 2 aromatic carbocycles. The van der Waals surface area contributed by atoms with Gasteiger partial charge in [0.1, 0.15) is 5.82 Å². The lowest BCUT2D eigenvalue weighted by Gasteiger charge is -2.31. The Morgan fingerprint density at radius 2 is 1.75 bits per heavy atom. The van der Waals surface area contributed by atoms with Gasteiger partial charge < -0.3 is 16.0 Å². The Morgan fingerprint density at radius 3 is 2.43 bits per heavy atom. The van der Waals surface area contributed by atoms with Crippen LogP contribution in [-0.4, -0.2) is 35.7 Å². The maximum absolute atomic E-state index is 13.9. The van der Waals surface area contributed by atoms with Crippen molar-refractivity contribution in [1.82, 2.24) is 4.90 Å². The van der Waals surface area contributed by atoms with E-state index in [0.29, 0.717) is 25.9 Å². The van der Waals surface area contributed by atoms with Crippen LogP contribution in [0.1, 0.15) is 33.6 Å². The second-order valence-corrected chi connectivity index (χ2v) is 7.03. The molecule has 146 valence electrons. The van der Waals surface area contributed by atoms with E-state index in [0.717, 1.165) is 6.07 Å². The lowest BCUT2D eigenvalue weighted by molar-refractivity contribution is -0.123. The second kappa shape index (κ2) is 8.39. The summed E-state index contributed by atoms with van der Waals surface area (Å²) in [4.78, 5) is 38.3. The monoisotopic (exact) mass is 403 g/mol. The van der Waals surface area contributed by atoms with Gasteiger partial charge in [-0.05, 0) is 43.2 Å². The predicted octanol–water partition coefficient (Wildman–Crippen LogP) is 3.07. The predicted molar refractivity (Wildman–Crippen MR) is 104 cm³/mol. The molecule has 0 aliphatic carbocycles. The fourth-order valence-corrected chi connectivity index (χ4v) is 3.35. The molecule has 3 amide bonds. The maximum atomic E-state index is 13.9. The summed E-state index contributed by atoms with van der Waals surface area (Å²) in [7, 11) is 0. The van der Waals surface area contributed by atoms with Crippen LogP contribution in [0.15, 0.2) is 42.5 Å². The van der Waals surface area contributed by atoms with E-state index in [1.165, 1.54) is 12.1 Å². The number of nitrogens with zero attached hydrogens (tertiary/aromatic N) is 1. The summed E-state index contributed by atoms with van der Waals surface area (Å²) < 4.78 is 13.9. The highest BCUT2D eigenvalue weighted by Crippen LogP contribution is 2.23. The average molecular weight is 404 g/mol. The van der Waals surface area contributed by atoms with E-state index in [-0.39, 0.29) is 39.6 Å². The van der Waals surface area contributed by atoms with E-state index in [9.17, 15) is 18.8 Å². The molecule has 1 aliphatic rings. The maximum Gasteiger partial charge on any atom is 0.258 e. The van der Waals surface area contributed by atoms with Crippen LogP contribution in [0.5, 0.6) is 0 Å². The van der Waals surface area contributed by atoms with E-state index in [1.54, 1.807) is 29.2 Å². The fourth-order valence-electron chi connectivity index (χ4n) is 3.18. The molecule has 3 N–H and O–H groups in total. The van der Waals surface area contributed by atoms with Crippen molar-refractivity contribution >= 4 is 35.0 Å². The third-order valence-electron chi connectivity index (χ3n) is 4.76. The molecule has 1 aliphatic heterocycles. The third-order valence-corrected chi connectivity index (χ3v) is 5.00. The van der Waals surface area contributed by atoms with Crippen LogP contribution in [0, 0.1) is 11.7 Å². The molecule has 3 rings (SSSR count).